The van der Waals surface area contributed by atoms with Gasteiger partial charge in [-0.3, -0.25) is 4.79 Å². The van der Waals surface area contributed by atoms with E-state index < -0.39 is 18.0 Å². The molecule has 0 N–H and O–H groups in total. The summed E-state index contributed by atoms with van der Waals surface area (Å²) in [5.41, 5.74) is 0. The number of carbonyl (C=O) groups excluding carboxylic acids is 3. The number of rotatable bonds is 0. The third-order valence-corrected chi connectivity index (χ3v) is 1.11. The molecule has 0 aliphatic carbocycles. The summed E-state index contributed by atoms with van der Waals surface area (Å²) in [5.74, 6) is -2.17. The third kappa shape index (κ3) is 2.22. The Morgan fingerprint density at radius 3 is 1.92 bits per heavy atom. The molecule has 0 spiro atoms. The zero-order chi connectivity index (χ0) is 9.72. The third-order valence-electron chi connectivity index (χ3n) is 1.11. The maximum atomic E-state index is 10.8. The van der Waals surface area contributed by atoms with Crippen molar-refractivity contribution in [3.63, 3.8) is 0 Å². The molecule has 0 saturated heterocycles. The van der Waals surface area contributed by atoms with E-state index in [4.69, 9.17) is 0 Å². The Morgan fingerprint density at radius 2 is 1.58 bits per heavy atom. The van der Waals surface area contributed by atoms with Crippen LogP contribution in [0, 0.1) is 0 Å². The van der Waals surface area contributed by atoms with Gasteiger partial charge in [0.05, 0.1) is 14.2 Å². The molecule has 68 valence electrons. The van der Waals surface area contributed by atoms with Gasteiger partial charge in [0.15, 0.2) is 0 Å². The highest BCUT2D eigenvalue weighted by molar-refractivity contribution is 6.34. The van der Waals surface area contributed by atoms with Crippen LogP contribution in [0.15, 0.2) is 0 Å². The van der Waals surface area contributed by atoms with Crippen LogP contribution in [-0.2, 0) is 19.1 Å². The van der Waals surface area contributed by atoms with Crippen LogP contribution >= 0.6 is 0 Å². The van der Waals surface area contributed by atoms with E-state index in [0.29, 0.717) is 4.90 Å². The summed E-state index contributed by atoms with van der Waals surface area (Å²) < 4.78 is 8.28. The van der Waals surface area contributed by atoms with Crippen molar-refractivity contribution in [1.82, 2.24) is 4.90 Å². The van der Waals surface area contributed by atoms with Gasteiger partial charge in [-0.25, -0.2) is 14.5 Å². The Hall–Kier alpha value is -1.59. The van der Waals surface area contributed by atoms with E-state index in [1.807, 2.05) is 0 Å². The van der Waals surface area contributed by atoms with Gasteiger partial charge < -0.3 is 9.47 Å². The number of nitrogens with zero attached hydrogens (tertiary/aromatic N) is 1. The molecule has 2 amide bonds. The molecule has 0 aliphatic heterocycles. The van der Waals surface area contributed by atoms with Crippen LogP contribution in [0.25, 0.3) is 0 Å². The molecule has 0 aliphatic rings. The number of hydrogen-bond acceptors (Lipinski definition) is 5. The fourth-order valence-electron chi connectivity index (χ4n) is 0.444. The minimum absolute atomic E-state index is 0.520. The van der Waals surface area contributed by atoms with Crippen LogP contribution in [0.5, 0.6) is 0 Å². The predicted octanol–water partition coefficient (Wildman–Crippen LogP) is -0.616. The van der Waals surface area contributed by atoms with E-state index >= 15 is 0 Å². The molecule has 6 nitrogen and oxygen atoms in total. The van der Waals surface area contributed by atoms with E-state index in [-0.39, 0.29) is 0 Å². The van der Waals surface area contributed by atoms with Crippen LogP contribution in [0.4, 0.5) is 4.79 Å². The van der Waals surface area contributed by atoms with Crippen LogP contribution < -0.4 is 0 Å². The van der Waals surface area contributed by atoms with Gasteiger partial charge in [0, 0.05) is 7.05 Å². The van der Waals surface area contributed by atoms with Gasteiger partial charge in [0.2, 0.25) is 0 Å². The van der Waals surface area contributed by atoms with Crippen LogP contribution in [0.1, 0.15) is 0 Å². The Morgan fingerprint density at radius 1 is 1.08 bits per heavy atom. The van der Waals surface area contributed by atoms with Gasteiger partial charge in [-0.1, -0.05) is 0 Å². The fraction of sp³-hybridized carbons (Fsp3) is 0.500. The first-order valence-corrected chi connectivity index (χ1v) is 2.98. The molecule has 0 unspecified atom stereocenters. The number of carbonyl (C=O) groups is 3. The van der Waals surface area contributed by atoms with Crippen molar-refractivity contribution in [3.05, 3.63) is 0 Å². The molecular formula is C6H9NO5. The smallest absolute Gasteiger partial charge is 0.416 e. The summed E-state index contributed by atoms with van der Waals surface area (Å²) in [5, 5.41) is 0. The molecule has 0 aromatic carbocycles. The summed E-state index contributed by atoms with van der Waals surface area (Å²) in [4.78, 5) is 32.5. The molecule has 0 heterocycles. The van der Waals surface area contributed by atoms with Gasteiger partial charge in [0.1, 0.15) is 0 Å². The lowest BCUT2D eigenvalue weighted by Crippen LogP contribution is -2.38. The van der Waals surface area contributed by atoms with Crippen molar-refractivity contribution < 1.29 is 23.9 Å². The molecule has 0 saturated carbocycles. The van der Waals surface area contributed by atoms with Crippen molar-refractivity contribution in [2.45, 2.75) is 0 Å². The van der Waals surface area contributed by atoms with Gasteiger partial charge in [0.25, 0.3) is 0 Å². The second-order valence-electron chi connectivity index (χ2n) is 1.83. The molecule has 0 aromatic rings. The monoisotopic (exact) mass is 175 g/mol. The number of imide groups is 1. The quantitative estimate of drug-likeness (QED) is 0.362. The first-order valence-electron chi connectivity index (χ1n) is 2.98. The summed E-state index contributed by atoms with van der Waals surface area (Å²) in [6.45, 7) is 0. The Bertz CT molecular complexity index is 212. The summed E-state index contributed by atoms with van der Waals surface area (Å²) in [7, 11) is 3.26. The van der Waals surface area contributed by atoms with Crippen LogP contribution in [-0.4, -0.2) is 44.1 Å². The highest BCUT2D eigenvalue weighted by Gasteiger charge is 2.24. The molecule has 0 atom stereocenters. The average molecular weight is 175 g/mol. The number of ether oxygens (including phenoxy) is 2. The zero-order valence-electron chi connectivity index (χ0n) is 6.99. The molecule has 0 radical (unpaired) electrons. The van der Waals surface area contributed by atoms with Gasteiger partial charge >= 0.3 is 18.0 Å². The maximum Gasteiger partial charge on any atom is 0.416 e. The Labute approximate surface area is 69.0 Å². The molecule has 6 heteroatoms. The lowest BCUT2D eigenvalue weighted by molar-refractivity contribution is -0.156. The summed E-state index contributed by atoms with van der Waals surface area (Å²) in [6.07, 6.45) is -0.912. The lowest BCUT2D eigenvalue weighted by Gasteiger charge is -2.10. The minimum atomic E-state index is -1.11. The molecule has 0 fully saturated rings. The van der Waals surface area contributed by atoms with E-state index in [1.165, 1.54) is 0 Å². The highest BCUT2D eigenvalue weighted by Crippen LogP contribution is 1.91. The first kappa shape index (κ1) is 10.4. The molecule has 0 rings (SSSR count). The van der Waals surface area contributed by atoms with Gasteiger partial charge in [-0.05, 0) is 0 Å². The molecule has 0 bridgehead atoms. The lowest BCUT2D eigenvalue weighted by atomic mass is 10.5. The van der Waals surface area contributed by atoms with E-state index in [1.54, 1.807) is 0 Å². The van der Waals surface area contributed by atoms with Crippen molar-refractivity contribution in [2.24, 2.45) is 0 Å². The number of likely N-dealkylation sites (N-methyl/N-ethyl adjacent to an activating group) is 1. The first-order chi connectivity index (χ1) is 5.54. The highest BCUT2D eigenvalue weighted by atomic mass is 16.6. The zero-order valence-corrected chi connectivity index (χ0v) is 6.99. The van der Waals surface area contributed by atoms with Crippen molar-refractivity contribution in [2.75, 3.05) is 21.3 Å². The minimum Gasteiger partial charge on any atom is -0.462 e. The van der Waals surface area contributed by atoms with Gasteiger partial charge in [-0.15, -0.1) is 0 Å². The van der Waals surface area contributed by atoms with E-state index in [0.717, 1.165) is 21.3 Å². The molecule has 12 heavy (non-hydrogen) atoms. The van der Waals surface area contributed by atoms with E-state index in [2.05, 4.69) is 9.47 Å². The molecular weight excluding hydrogens is 166 g/mol. The summed E-state index contributed by atoms with van der Waals surface area (Å²) >= 11 is 0. The Balaban J connectivity index is 4.29. The summed E-state index contributed by atoms with van der Waals surface area (Å²) in [6, 6.07) is 0. The number of esters is 1. The molecule has 0 aromatic heterocycles. The maximum absolute atomic E-state index is 10.8. The van der Waals surface area contributed by atoms with Gasteiger partial charge in [-0.2, -0.15) is 0 Å². The second kappa shape index (κ2) is 4.32. The van der Waals surface area contributed by atoms with Crippen LogP contribution in [0.2, 0.25) is 0 Å². The number of hydrogen-bond donors (Lipinski definition) is 0. The fourth-order valence-corrected chi connectivity index (χ4v) is 0.444. The number of amides is 2. The second-order valence-corrected chi connectivity index (χ2v) is 1.83. The van der Waals surface area contributed by atoms with Crippen molar-refractivity contribution in [1.29, 1.82) is 0 Å². The van der Waals surface area contributed by atoms with Crippen molar-refractivity contribution in [3.8, 4) is 0 Å². The largest absolute Gasteiger partial charge is 0.462 e. The Kier molecular flexibility index (Phi) is 3.75. The standard InChI is InChI=1S/C6H9NO5/c1-7(6(10)12-3)4(8)5(9)11-2/h1-3H3. The average Bonchev–Trinajstić information content (AvgIpc) is 2.12. The predicted molar refractivity (Wildman–Crippen MR) is 37.2 cm³/mol. The normalized spacial score (nSPS) is 8.58. The number of methoxy groups -OCH3 is 2. The van der Waals surface area contributed by atoms with Crippen molar-refractivity contribution >= 4 is 18.0 Å². The SMILES string of the molecule is COC(=O)C(=O)N(C)C(=O)OC. The topological polar surface area (TPSA) is 72.9 Å². The van der Waals surface area contributed by atoms with Crippen LogP contribution in [0.3, 0.4) is 0 Å². The van der Waals surface area contributed by atoms with E-state index in [9.17, 15) is 14.4 Å².